The number of phosphoric ester groups is 1. The normalized spacial score (nSPS) is 13.8. The number of para-hydroxylation sites is 2. The first-order valence-corrected chi connectivity index (χ1v) is 7.70. The van der Waals surface area contributed by atoms with Gasteiger partial charge in [0.15, 0.2) is 5.75 Å². The van der Waals surface area contributed by atoms with Crippen LogP contribution in [-0.4, -0.2) is 20.1 Å². The highest BCUT2D eigenvalue weighted by molar-refractivity contribution is 7.48. The molecule has 1 N–H and O–H groups in total. The largest absolute Gasteiger partial charge is 0.605 e. The minimum absolute atomic E-state index is 0.0365. The number of hydrogen-bond acceptors (Lipinski definition) is 5. The number of halogens is 1. The van der Waals surface area contributed by atoms with Crippen molar-refractivity contribution in [2.24, 2.45) is 0 Å². The van der Waals surface area contributed by atoms with Crippen LogP contribution in [0.2, 0.25) is 5.02 Å². The van der Waals surface area contributed by atoms with Gasteiger partial charge in [-0.1, -0.05) is 40.7 Å². The summed E-state index contributed by atoms with van der Waals surface area (Å²) < 4.78 is 21.8. The van der Waals surface area contributed by atoms with Crippen molar-refractivity contribution in [3.05, 3.63) is 53.6 Å². The first-order valence-electron chi connectivity index (χ1n) is 5.83. The Morgan fingerprint density at radius 1 is 1.14 bits per heavy atom. The summed E-state index contributed by atoms with van der Waals surface area (Å²) >= 11 is 5.86. The third-order valence-corrected chi connectivity index (χ3v) is 3.65. The molecule has 0 fully saturated rings. The molecule has 1 aromatic heterocycles. The molecule has 0 aliphatic rings. The van der Waals surface area contributed by atoms with Crippen LogP contribution in [0.25, 0.3) is 11.0 Å². The van der Waals surface area contributed by atoms with Gasteiger partial charge in [-0.25, -0.2) is 4.57 Å². The van der Waals surface area contributed by atoms with Crippen LogP contribution in [0.15, 0.2) is 48.5 Å². The molecule has 7 nitrogen and oxygen atoms in total. The molecule has 3 aromatic rings. The lowest BCUT2D eigenvalue weighted by atomic mass is 10.3. The van der Waals surface area contributed by atoms with E-state index < -0.39 is 7.82 Å². The third kappa shape index (κ3) is 3.00. The van der Waals surface area contributed by atoms with E-state index in [-0.39, 0.29) is 10.8 Å². The van der Waals surface area contributed by atoms with Gasteiger partial charge in [0, 0.05) is 0 Å². The van der Waals surface area contributed by atoms with E-state index in [2.05, 4.69) is 10.3 Å². The van der Waals surface area contributed by atoms with Crippen LogP contribution in [0.3, 0.4) is 0 Å². The van der Waals surface area contributed by atoms with Gasteiger partial charge < -0.3 is 4.52 Å². The van der Waals surface area contributed by atoms with E-state index in [1.807, 2.05) is 0 Å². The molecular weight excluding hydrogens is 317 g/mol. The number of fused-ring (bicyclic) bond motifs is 1. The molecule has 0 saturated heterocycles. The molecule has 1 heterocycles. The zero-order valence-electron chi connectivity index (χ0n) is 10.5. The van der Waals surface area contributed by atoms with Gasteiger partial charge in [-0.05, 0) is 29.5 Å². The predicted octanol–water partition coefficient (Wildman–Crippen LogP) is 2.69. The van der Waals surface area contributed by atoms with Gasteiger partial charge in [-0.2, -0.15) is 0 Å². The van der Waals surface area contributed by atoms with Crippen molar-refractivity contribution in [1.82, 2.24) is 15.2 Å². The molecule has 0 spiro atoms. The van der Waals surface area contributed by atoms with E-state index >= 15 is 0 Å². The fourth-order valence-electron chi connectivity index (χ4n) is 1.67. The molecule has 2 aromatic carbocycles. The predicted molar refractivity (Wildman–Crippen MR) is 76.0 cm³/mol. The first-order chi connectivity index (χ1) is 10.1. The van der Waals surface area contributed by atoms with Crippen molar-refractivity contribution in [3.63, 3.8) is 0 Å². The summed E-state index contributed by atoms with van der Waals surface area (Å²) in [6.45, 7) is 0. The Labute approximate surface area is 124 Å². The van der Waals surface area contributed by atoms with E-state index in [0.29, 0.717) is 11.0 Å². The number of rotatable bonds is 4. The van der Waals surface area contributed by atoms with E-state index in [4.69, 9.17) is 20.7 Å². The summed E-state index contributed by atoms with van der Waals surface area (Å²) in [5.74, 6) is 0.0365. The topological polar surface area (TPSA) is 86.5 Å². The molecule has 1 atom stereocenters. The lowest BCUT2D eigenvalue weighted by molar-refractivity contribution is 0.163. The fraction of sp³-hybridized carbons (Fsp3) is 0. The van der Waals surface area contributed by atoms with Crippen LogP contribution >= 0.6 is 19.4 Å². The van der Waals surface area contributed by atoms with Crippen LogP contribution in [0.4, 0.5) is 0 Å². The van der Waals surface area contributed by atoms with Crippen LogP contribution < -0.4 is 9.15 Å². The van der Waals surface area contributed by atoms with Crippen LogP contribution in [-0.2, 0) is 4.57 Å². The van der Waals surface area contributed by atoms with Gasteiger partial charge in [0.1, 0.15) is 11.0 Å². The Hall–Kier alpha value is -2.08. The van der Waals surface area contributed by atoms with E-state index in [1.54, 1.807) is 36.4 Å². The minimum Gasteiger partial charge on any atom is -0.392 e. The van der Waals surface area contributed by atoms with E-state index in [9.17, 15) is 9.46 Å². The molecule has 1 unspecified atom stereocenters. The summed E-state index contributed by atoms with van der Waals surface area (Å²) in [6.07, 6.45) is 0. The Morgan fingerprint density at radius 2 is 1.86 bits per heavy atom. The number of nitrogens with zero attached hydrogens (tertiary/aromatic N) is 3. The molecule has 0 bridgehead atoms. The quantitative estimate of drug-likeness (QED) is 0.742. The second-order valence-corrected chi connectivity index (χ2v) is 5.71. The lowest BCUT2D eigenvalue weighted by Crippen LogP contribution is -2.13. The maximum Gasteiger partial charge on any atom is 0.605 e. The summed E-state index contributed by atoms with van der Waals surface area (Å²) in [7, 11) is -4.46. The fourth-order valence-corrected chi connectivity index (χ4v) is 2.65. The van der Waals surface area contributed by atoms with Crippen molar-refractivity contribution >= 4 is 30.5 Å². The Balaban J connectivity index is 1.86. The third-order valence-electron chi connectivity index (χ3n) is 2.55. The molecule has 3 rings (SSSR count). The minimum atomic E-state index is -4.46. The van der Waals surface area contributed by atoms with Crippen LogP contribution in [0, 0.1) is 0 Å². The van der Waals surface area contributed by atoms with Crippen LogP contribution in [0.5, 0.6) is 5.75 Å². The zero-order valence-corrected chi connectivity index (χ0v) is 12.1. The van der Waals surface area contributed by atoms with Crippen molar-refractivity contribution in [2.75, 3.05) is 0 Å². The Morgan fingerprint density at radius 3 is 2.67 bits per heavy atom. The summed E-state index contributed by atoms with van der Waals surface area (Å²) in [4.78, 5) is 10.6. The average Bonchev–Trinajstić information content (AvgIpc) is 2.84. The zero-order chi connectivity index (χ0) is 14.9. The first kappa shape index (κ1) is 13.9. The molecule has 0 aliphatic carbocycles. The summed E-state index contributed by atoms with van der Waals surface area (Å²) in [6, 6.07) is 13.1. The Bertz CT molecular complexity index is 838. The van der Waals surface area contributed by atoms with Gasteiger partial charge in [-0.3, -0.25) is 9.52 Å². The summed E-state index contributed by atoms with van der Waals surface area (Å²) in [5, 5.41) is 7.64. The SMILES string of the molecule is O=P(O)(Oc1ccccc1Cl)On1nnc2ccccc21. The maximum absolute atomic E-state index is 12.0. The van der Waals surface area contributed by atoms with E-state index in [1.165, 1.54) is 12.1 Å². The second-order valence-electron chi connectivity index (χ2n) is 4.02. The molecule has 0 amide bonds. The summed E-state index contributed by atoms with van der Waals surface area (Å²) in [5.41, 5.74) is 0.963. The number of benzene rings is 2. The number of phosphoric acid groups is 1. The highest BCUT2D eigenvalue weighted by Gasteiger charge is 2.28. The van der Waals surface area contributed by atoms with E-state index in [0.717, 1.165) is 4.85 Å². The maximum atomic E-state index is 12.0. The molecule has 0 saturated carbocycles. The van der Waals surface area contributed by atoms with Gasteiger partial charge in [-0.15, -0.1) is 5.10 Å². The molecule has 9 heteroatoms. The average molecular weight is 326 g/mol. The van der Waals surface area contributed by atoms with Crippen molar-refractivity contribution < 1.29 is 18.6 Å². The highest BCUT2D eigenvalue weighted by Crippen LogP contribution is 2.43. The molecule has 0 aliphatic heterocycles. The highest BCUT2D eigenvalue weighted by atomic mass is 35.5. The van der Waals surface area contributed by atoms with Gasteiger partial charge in [0.25, 0.3) is 0 Å². The molecule has 0 radical (unpaired) electrons. The lowest BCUT2D eigenvalue weighted by Gasteiger charge is -2.13. The van der Waals surface area contributed by atoms with Crippen LogP contribution in [0.1, 0.15) is 0 Å². The monoisotopic (exact) mass is 325 g/mol. The molecule has 108 valence electrons. The number of hydrogen-bond donors (Lipinski definition) is 1. The van der Waals surface area contributed by atoms with Crippen molar-refractivity contribution in [1.29, 1.82) is 0 Å². The second kappa shape index (κ2) is 5.37. The van der Waals surface area contributed by atoms with Crippen molar-refractivity contribution in [3.8, 4) is 5.75 Å². The Kier molecular flexibility index (Phi) is 3.55. The van der Waals surface area contributed by atoms with Gasteiger partial charge in [0.2, 0.25) is 0 Å². The molecular formula is C12H9ClN3O4P. The number of aromatic nitrogens is 3. The van der Waals surface area contributed by atoms with Crippen molar-refractivity contribution in [2.45, 2.75) is 0 Å². The van der Waals surface area contributed by atoms with Gasteiger partial charge in [0.05, 0.1) is 5.02 Å². The molecule has 21 heavy (non-hydrogen) atoms. The van der Waals surface area contributed by atoms with Gasteiger partial charge >= 0.3 is 7.82 Å². The smallest absolute Gasteiger partial charge is 0.392 e. The standard InChI is InChI=1S/C12H9ClN3O4P/c13-9-5-1-4-8-12(9)19-21(17,18)20-16-11-7-3-2-6-10(11)14-15-16/h1-8H,(H,17,18).